The second-order valence-corrected chi connectivity index (χ2v) is 5.64. The van der Waals surface area contributed by atoms with Crippen LogP contribution in [0.1, 0.15) is 18.9 Å². The van der Waals surface area contributed by atoms with Gasteiger partial charge < -0.3 is 10.2 Å². The van der Waals surface area contributed by atoms with Crippen molar-refractivity contribution in [3.63, 3.8) is 0 Å². The molecule has 0 bridgehead atoms. The van der Waals surface area contributed by atoms with E-state index < -0.39 is 0 Å². The van der Waals surface area contributed by atoms with Gasteiger partial charge >= 0.3 is 0 Å². The fourth-order valence-corrected chi connectivity index (χ4v) is 1.96. The van der Waals surface area contributed by atoms with E-state index >= 15 is 0 Å². The van der Waals surface area contributed by atoms with Crippen molar-refractivity contribution in [1.82, 2.24) is 10.2 Å². The maximum atomic E-state index is 11.4. The van der Waals surface area contributed by atoms with Gasteiger partial charge in [0, 0.05) is 37.6 Å². The molecule has 4 heteroatoms. The van der Waals surface area contributed by atoms with Crippen molar-refractivity contribution in [3.8, 4) is 0 Å². The molecule has 1 atom stereocenters. The normalized spacial score (nSPS) is 12.2. The molecule has 0 aromatic heterocycles. The highest BCUT2D eigenvalue weighted by Gasteiger charge is 2.06. The molecule has 1 rings (SSSR count). The van der Waals surface area contributed by atoms with E-state index in [1.165, 1.54) is 5.56 Å². The lowest BCUT2D eigenvalue weighted by molar-refractivity contribution is -0.128. The summed E-state index contributed by atoms with van der Waals surface area (Å²) in [7, 11) is 3.57. The largest absolute Gasteiger partial charge is 0.349 e. The minimum absolute atomic E-state index is 0.165. The highest BCUT2D eigenvalue weighted by atomic mass is 79.9. The molecule has 1 aromatic rings. The van der Waals surface area contributed by atoms with Gasteiger partial charge in [0.05, 0.1) is 0 Å². The summed E-state index contributed by atoms with van der Waals surface area (Å²) in [5.41, 5.74) is 1.30. The third-order valence-corrected chi connectivity index (χ3v) is 3.31. The Kier molecular flexibility index (Phi) is 6.36. The SMILES string of the molecule is C[C@H](Cc1ccc(Br)cc1)NCCC(=O)N(C)C. The Bertz CT molecular complexity index is 376. The number of nitrogens with one attached hydrogen (secondary N) is 1. The van der Waals surface area contributed by atoms with Gasteiger partial charge in [0.2, 0.25) is 5.91 Å². The van der Waals surface area contributed by atoms with E-state index in [0.29, 0.717) is 12.5 Å². The molecule has 0 heterocycles. The third-order valence-electron chi connectivity index (χ3n) is 2.79. The fraction of sp³-hybridized carbons (Fsp3) is 0.500. The first-order valence-corrected chi connectivity index (χ1v) is 6.96. The summed E-state index contributed by atoms with van der Waals surface area (Å²) in [6, 6.07) is 8.72. The summed E-state index contributed by atoms with van der Waals surface area (Å²) < 4.78 is 1.10. The van der Waals surface area contributed by atoms with Gasteiger partial charge in [-0.2, -0.15) is 0 Å². The second kappa shape index (κ2) is 7.54. The van der Waals surface area contributed by atoms with Crippen LogP contribution in [0.4, 0.5) is 0 Å². The smallest absolute Gasteiger partial charge is 0.223 e. The zero-order chi connectivity index (χ0) is 13.5. The first kappa shape index (κ1) is 15.2. The summed E-state index contributed by atoms with van der Waals surface area (Å²) in [5, 5.41) is 3.37. The van der Waals surface area contributed by atoms with Crippen molar-refractivity contribution in [2.75, 3.05) is 20.6 Å². The molecule has 1 amide bonds. The van der Waals surface area contributed by atoms with E-state index in [-0.39, 0.29) is 5.91 Å². The molecule has 0 saturated heterocycles. The lowest BCUT2D eigenvalue weighted by Crippen LogP contribution is -2.32. The van der Waals surface area contributed by atoms with Crippen LogP contribution in [0.3, 0.4) is 0 Å². The average molecular weight is 313 g/mol. The van der Waals surface area contributed by atoms with Crippen LogP contribution in [0.15, 0.2) is 28.7 Å². The van der Waals surface area contributed by atoms with Crippen molar-refractivity contribution >= 4 is 21.8 Å². The predicted molar refractivity (Wildman–Crippen MR) is 78.6 cm³/mol. The molecule has 0 radical (unpaired) electrons. The summed E-state index contributed by atoms with van der Waals surface area (Å²) in [6.45, 7) is 2.87. The number of nitrogens with zero attached hydrogens (tertiary/aromatic N) is 1. The number of rotatable bonds is 6. The standard InChI is InChI=1S/C14H21BrN2O/c1-11(16-9-8-14(18)17(2)3)10-12-4-6-13(15)7-5-12/h4-7,11,16H,8-10H2,1-3H3/t11-/m1/s1. The molecule has 1 N–H and O–H groups in total. The molecule has 100 valence electrons. The van der Waals surface area contributed by atoms with Gasteiger partial charge in [-0.3, -0.25) is 4.79 Å². The molecular formula is C14H21BrN2O. The Morgan fingerprint density at radius 2 is 1.94 bits per heavy atom. The van der Waals surface area contributed by atoms with E-state index in [4.69, 9.17) is 0 Å². The van der Waals surface area contributed by atoms with Gasteiger partial charge in [-0.25, -0.2) is 0 Å². The Balaban J connectivity index is 2.27. The molecule has 0 spiro atoms. The van der Waals surface area contributed by atoms with Crippen molar-refractivity contribution in [3.05, 3.63) is 34.3 Å². The highest BCUT2D eigenvalue weighted by Crippen LogP contribution is 2.11. The lowest BCUT2D eigenvalue weighted by atomic mass is 10.1. The minimum atomic E-state index is 0.165. The summed E-state index contributed by atoms with van der Waals surface area (Å²) in [5.74, 6) is 0.165. The van der Waals surface area contributed by atoms with E-state index in [2.05, 4.69) is 52.4 Å². The van der Waals surface area contributed by atoms with Crippen LogP contribution in [0.25, 0.3) is 0 Å². The zero-order valence-electron chi connectivity index (χ0n) is 11.2. The fourth-order valence-electron chi connectivity index (χ4n) is 1.70. The van der Waals surface area contributed by atoms with Crippen LogP contribution < -0.4 is 5.32 Å². The summed E-state index contributed by atoms with van der Waals surface area (Å²) in [4.78, 5) is 13.0. The third kappa shape index (κ3) is 5.65. The Labute approximate surface area is 118 Å². The number of amides is 1. The number of halogens is 1. The molecule has 0 saturated carbocycles. The topological polar surface area (TPSA) is 32.3 Å². The second-order valence-electron chi connectivity index (χ2n) is 4.72. The molecule has 18 heavy (non-hydrogen) atoms. The minimum Gasteiger partial charge on any atom is -0.349 e. The first-order chi connectivity index (χ1) is 8.49. The Morgan fingerprint density at radius 3 is 2.50 bits per heavy atom. The van der Waals surface area contributed by atoms with Gasteiger partial charge in [-0.1, -0.05) is 28.1 Å². The zero-order valence-corrected chi connectivity index (χ0v) is 12.8. The van der Waals surface area contributed by atoms with Gasteiger partial charge in [0.1, 0.15) is 0 Å². The van der Waals surface area contributed by atoms with Crippen molar-refractivity contribution in [2.45, 2.75) is 25.8 Å². The molecule has 0 aliphatic heterocycles. The van der Waals surface area contributed by atoms with Gasteiger partial charge in [0.25, 0.3) is 0 Å². The molecule has 0 aliphatic rings. The van der Waals surface area contributed by atoms with Gasteiger partial charge in [-0.15, -0.1) is 0 Å². The molecule has 0 aliphatic carbocycles. The quantitative estimate of drug-likeness (QED) is 0.875. The number of hydrogen-bond donors (Lipinski definition) is 1. The van der Waals surface area contributed by atoms with Crippen LogP contribution in [0, 0.1) is 0 Å². The van der Waals surface area contributed by atoms with E-state index in [0.717, 1.165) is 17.4 Å². The van der Waals surface area contributed by atoms with Crippen molar-refractivity contribution in [2.24, 2.45) is 0 Å². The van der Waals surface area contributed by atoms with Crippen molar-refractivity contribution in [1.29, 1.82) is 0 Å². The molecular weight excluding hydrogens is 292 g/mol. The van der Waals surface area contributed by atoms with Crippen LogP contribution in [-0.4, -0.2) is 37.5 Å². The van der Waals surface area contributed by atoms with Gasteiger partial charge in [0.15, 0.2) is 0 Å². The van der Waals surface area contributed by atoms with Crippen LogP contribution in [-0.2, 0) is 11.2 Å². The number of hydrogen-bond acceptors (Lipinski definition) is 2. The molecule has 0 fully saturated rings. The summed E-state index contributed by atoms with van der Waals surface area (Å²) in [6.07, 6.45) is 1.53. The molecule has 0 unspecified atom stereocenters. The Morgan fingerprint density at radius 1 is 1.33 bits per heavy atom. The predicted octanol–water partition coefficient (Wildman–Crippen LogP) is 2.45. The van der Waals surface area contributed by atoms with E-state index in [1.54, 1.807) is 19.0 Å². The number of benzene rings is 1. The van der Waals surface area contributed by atoms with Crippen LogP contribution >= 0.6 is 15.9 Å². The number of carbonyl (C=O) groups is 1. The van der Waals surface area contributed by atoms with Gasteiger partial charge in [-0.05, 0) is 31.0 Å². The number of carbonyl (C=O) groups excluding carboxylic acids is 1. The monoisotopic (exact) mass is 312 g/mol. The van der Waals surface area contributed by atoms with Crippen LogP contribution in [0.5, 0.6) is 0 Å². The van der Waals surface area contributed by atoms with E-state index in [9.17, 15) is 4.79 Å². The maximum absolute atomic E-state index is 11.4. The summed E-state index contributed by atoms with van der Waals surface area (Å²) >= 11 is 3.43. The van der Waals surface area contributed by atoms with Crippen LogP contribution in [0.2, 0.25) is 0 Å². The van der Waals surface area contributed by atoms with Crippen molar-refractivity contribution < 1.29 is 4.79 Å². The average Bonchev–Trinajstić information content (AvgIpc) is 2.32. The highest BCUT2D eigenvalue weighted by molar-refractivity contribution is 9.10. The lowest BCUT2D eigenvalue weighted by Gasteiger charge is -2.15. The molecule has 3 nitrogen and oxygen atoms in total. The maximum Gasteiger partial charge on any atom is 0.223 e. The van der Waals surface area contributed by atoms with E-state index in [1.807, 2.05) is 0 Å². The molecule has 1 aromatic carbocycles. The Hall–Kier alpha value is -0.870. The first-order valence-electron chi connectivity index (χ1n) is 6.17.